The first kappa shape index (κ1) is 15.1. The summed E-state index contributed by atoms with van der Waals surface area (Å²) in [5, 5.41) is 9.70. The minimum absolute atomic E-state index is 0.171. The smallest absolute Gasteiger partial charge is 0.243 e. The van der Waals surface area contributed by atoms with E-state index in [-0.39, 0.29) is 12.5 Å². The van der Waals surface area contributed by atoms with Gasteiger partial charge in [-0.1, -0.05) is 12.1 Å². The fraction of sp³-hybridized carbons (Fsp3) is 0.357. The zero-order valence-corrected chi connectivity index (χ0v) is 12.3. The molecule has 1 heterocycles. The van der Waals surface area contributed by atoms with Gasteiger partial charge in [0.15, 0.2) is 5.82 Å². The van der Waals surface area contributed by atoms with Crippen LogP contribution in [0.2, 0.25) is 0 Å². The van der Waals surface area contributed by atoms with Crippen LogP contribution >= 0.6 is 0 Å². The van der Waals surface area contributed by atoms with Gasteiger partial charge in [0.2, 0.25) is 5.91 Å². The van der Waals surface area contributed by atoms with Crippen molar-refractivity contribution in [3.63, 3.8) is 0 Å². The number of methoxy groups -OCH3 is 1. The predicted octanol–water partition coefficient (Wildman–Crippen LogP) is 1.00. The minimum atomic E-state index is -0.705. The van der Waals surface area contributed by atoms with E-state index in [1.165, 1.54) is 7.11 Å². The Hall–Kier alpha value is -2.25. The van der Waals surface area contributed by atoms with Crippen molar-refractivity contribution in [3.05, 3.63) is 29.6 Å². The maximum atomic E-state index is 12.0. The van der Waals surface area contributed by atoms with Gasteiger partial charge in [0.05, 0.1) is 6.61 Å². The summed E-state index contributed by atoms with van der Waals surface area (Å²) in [4.78, 5) is 16.2. The molecule has 2 rings (SSSR count). The van der Waals surface area contributed by atoms with Crippen LogP contribution < -0.4 is 11.1 Å². The number of hydrogen-bond donors (Lipinski definition) is 3. The molecule has 0 aliphatic rings. The summed E-state index contributed by atoms with van der Waals surface area (Å²) < 4.78 is 4.88. The molecule has 0 radical (unpaired) electrons. The molecule has 7 nitrogen and oxygen atoms in total. The maximum absolute atomic E-state index is 12.0. The van der Waals surface area contributed by atoms with Crippen molar-refractivity contribution in [2.75, 3.05) is 19.0 Å². The summed E-state index contributed by atoms with van der Waals surface area (Å²) in [7, 11) is 1.50. The average Bonchev–Trinajstić information content (AvgIpc) is 2.88. The van der Waals surface area contributed by atoms with Gasteiger partial charge in [0.1, 0.15) is 11.9 Å². The number of amides is 1. The van der Waals surface area contributed by atoms with Gasteiger partial charge in [0.25, 0.3) is 0 Å². The van der Waals surface area contributed by atoms with Gasteiger partial charge in [-0.3, -0.25) is 9.89 Å². The highest BCUT2D eigenvalue weighted by Gasteiger charge is 2.15. The number of rotatable bonds is 5. The molecule has 1 aromatic carbocycles. The lowest BCUT2D eigenvalue weighted by Gasteiger charge is -2.13. The molecule has 7 heteroatoms. The second kappa shape index (κ2) is 6.47. The van der Waals surface area contributed by atoms with Crippen LogP contribution in [0.25, 0.3) is 11.4 Å². The molecule has 0 bridgehead atoms. The fourth-order valence-electron chi connectivity index (χ4n) is 1.85. The van der Waals surface area contributed by atoms with Crippen molar-refractivity contribution in [2.45, 2.75) is 19.9 Å². The minimum Gasteiger partial charge on any atom is -0.383 e. The number of anilines is 1. The first-order valence-corrected chi connectivity index (χ1v) is 6.56. The van der Waals surface area contributed by atoms with Gasteiger partial charge < -0.3 is 15.8 Å². The summed E-state index contributed by atoms with van der Waals surface area (Å²) in [5.74, 6) is 1.03. The Morgan fingerprint density at radius 1 is 1.48 bits per heavy atom. The number of aryl methyl sites for hydroxylation is 2. The highest BCUT2D eigenvalue weighted by Crippen LogP contribution is 2.23. The topological polar surface area (TPSA) is 106 Å². The van der Waals surface area contributed by atoms with Crippen LogP contribution in [-0.4, -0.2) is 40.8 Å². The summed E-state index contributed by atoms with van der Waals surface area (Å²) >= 11 is 0. The second-order valence-corrected chi connectivity index (χ2v) is 4.83. The third kappa shape index (κ3) is 3.65. The Kier molecular flexibility index (Phi) is 4.66. The third-order valence-electron chi connectivity index (χ3n) is 3.03. The summed E-state index contributed by atoms with van der Waals surface area (Å²) in [6, 6.07) is 4.93. The zero-order chi connectivity index (χ0) is 15.4. The molecule has 0 spiro atoms. The van der Waals surface area contributed by atoms with E-state index in [2.05, 4.69) is 20.5 Å². The first-order valence-electron chi connectivity index (χ1n) is 6.56. The van der Waals surface area contributed by atoms with Gasteiger partial charge in [-0.05, 0) is 25.5 Å². The predicted molar refractivity (Wildman–Crippen MR) is 79.8 cm³/mol. The maximum Gasteiger partial charge on any atom is 0.243 e. The Balaban J connectivity index is 2.21. The molecule has 1 amide bonds. The Morgan fingerprint density at radius 3 is 2.86 bits per heavy atom. The summed E-state index contributed by atoms with van der Waals surface area (Å²) in [6.07, 6.45) is 0. The lowest BCUT2D eigenvalue weighted by molar-refractivity contribution is -0.118. The van der Waals surface area contributed by atoms with E-state index >= 15 is 0 Å². The van der Waals surface area contributed by atoms with E-state index in [1.807, 2.05) is 32.0 Å². The van der Waals surface area contributed by atoms with E-state index in [0.717, 1.165) is 17.0 Å². The molecule has 2 aromatic rings. The van der Waals surface area contributed by atoms with Crippen LogP contribution in [0.5, 0.6) is 0 Å². The van der Waals surface area contributed by atoms with Crippen LogP contribution in [0.3, 0.4) is 0 Å². The number of aromatic nitrogens is 3. The number of nitrogens with zero attached hydrogens (tertiary/aromatic N) is 2. The number of nitrogens with one attached hydrogen (secondary N) is 2. The number of nitrogens with two attached hydrogens (primary N) is 1. The van der Waals surface area contributed by atoms with Crippen molar-refractivity contribution < 1.29 is 9.53 Å². The van der Waals surface area contributed by atoms with Crippen LogP contribution in [0, 0.1) is 13.8 Å². The van der Waals surface area contributed by atoms with Crippen LogP contribution in [0.4, 0.5) is 5.69 Å². The number of aromatic amines is 1. The fourth-order valence-corrected chi connectivity index (χ4v) is 1.85. The van der Waals surface area contributed by atoms with Gasteiger partial charge in [-0.25, -0.2) is 4.98 Å². The number of ether oxygens (including phenoxy) is 1. The molecular formula is C14H19N5O2. The van der Waals surface area contributed by atoms with Gasteiger partial charge >= 0.3 is 0 Å². The third-order valence-corrected chi connectivity index (χ3v) is 3.03. The Bertz CT molecular complexity index is 638. The second-order valence-electron chi connectivity index (χ2n) is 4.83. The standard InChI is InChI=1S/C14H19N5O2/c1-8-4-5-10(13-16-9(2)18-19-13)6-12(8)17-14(20)11(15)7-21-3/h4-6,11H,7,15H2,1-3H3,(H,17,20)(H,16,18,19). The van der Waals surface area contributed by atoms with E-state index in [4.69, 9.17) is 10.5 Å². The van der Waals surface area contributed by atoms with Crippen LogP contribution in [0.1, 0.15) is 11.4 Å². The van der Waals surface area contributed by atoms with Crippen LogP contribution in [0.15, 0.2) is 18.2 Å². The van der Waals surface area contributed by atoms with Crippen molar-refractivity contribution >= 4 is 11.6 Å². The van der Waals surface area contributed by atoms with Crippen LogP contribution in [-0.2, 0) is 9.53 Å². The van der Waals surface area contributed by atoms with Gasteiger partial charge in [0, 0.05) is 18.4 Å². The largest absolute Gasteiger partial charge is 0.383 e. The quantitative estimate of drug-likeness (QED) is 0.761. The summed E-state index contributed by atoms with van der Waals surface area (Å²) in [5.41, 5.74) is 8.15. The van der Waals surface area contributed by atoms with E-state index in [9.17, 15) is 4.79 Å². The number of benzene rings is 1. The lowest BCUT2D eigenvalue weighted by Crippen LogP contribution is -2.39. The number of H-pyrrole nitrogens is 1. The van der Waals surface area contributed by atoms with E-state index in [0.29, 0.717) is 11.5 Å². The highest BCUT2D eigenvalue weighted by atomic mass is 16.5. The first-order chi connectivity index (χ1) is 10.0. The normalized spacial score (nSPS) is 12.2. The number of carbonyl (C=O) groups is 1. The highest BCUT2D eigenvalue weighted by molar-refractivity contribution is 5.95. The molecule has 0 fully saturated rings. The molecule has 1 unspecified atom stereocenters. The SMILES string of the molecule is COCC(N)C(=O)Nc1cc(-c2n[nH]c(C)n2)ccc1C. The molecule has 1 atom stereocenters. The molecule has 0 saturated heterocycles. The molecule has 0 saturated carbocycles. The van der Waals surface area contributed by atoms with E-state index < -0.39 is 6.04 Å². The molecular weight excluding hydrogens is 270 g/mol. The van der Waals surface area contributed by atoms with Crippen molar-refractivity contribution in [3.8, 4) is 11.4 Å². The van der Waals surface area contributed by atoms with Crippen molar-refractivity contribution in [1.29, 1.82) is 0 Å². The van der Waals surface area contributed by atoms with E-state index in [1.54, 1.807) is 0 Å². The Morgan fingerprint density at radius 2 is 2.24 bits per heavy atom. The number of carbonyl (C=O) groups excluding carboxylic acids is 1. The molecule has 0 aliphatic carbocycles. The molecule has 1 aromatic heterocycles. The Labute approximate surface area is 122 Å². The number of hydrogen-bond acceptors (Lipinski definition) is 5. The molecule has 4 N–H and O–H groups in total. The molecule has 112 valence electrons. The average molecular weight is 289 g/mol. The van der Waals surface area contributed by atoms with Crippen molar-refractivity contribution in [1.82, 2.24) is 15.2 Å². The van der Waals surface area contributed by atoms with Crippen molar-refractivity contribution in [2.24, 2.45) is 5.73 Å². The van der Waals surface area contributed by atoms with Gasteiger partial charge in [-0.2, -0.15) is 5.10 Å². The lowest BCUT2D eigenvalue weighted by atomic mass is 10.1. The molecule has 0 aliphatic heterocycles. The van der Waals surface area contributed by atoms with Gasteiger partial charge in [-0.15, -0.1) is 0 Å². The zero-order valence-electron chi connectivity index (χ0n) is 12.3. The monoisotopic (exact) mass is 289 g/mol. The summed E-state index contributed by atoms with van der Waals surface area (Å²) in [6.45, 7) is 3.91. The molecule has 21 heavy (non-hydrogen) atoms.